The van der Waals surface area contributed by atoms with Gasteiger partial charge < -0.3 is 5.32 Å². The highest BCUT2D eigenvalue weighted by molar-refractivity contribution is 7.89. The van der Waals surface area contributed by atoms with E-state index in [0.717, 1.165) is 19.3 Å². The summed E-state index contributed by atoms with van der Waals surface area (Å²) in [4.78, 5) is 12.6. The van der Waals surface area contributed by atoms with Gasteiger partial charge in [0.25, 0.3) is 5.91 Å². The number of hydrogen-bond donors (Lipinski definition) is 1. The lowest BCUT2D eigenvalue weighted by atomic mass is 10.1. The predicted molar refractivity (Wildman–Crippen MR) is 95.8 cm³/mol. The third-order valence-corrected chi connectivity index (χ3v) is 6.72. The number of piperidine rings is 1. The molecule has 0 aromatic heterocycles. The molecule has 134 valence electrons. The second-order valence-corrected chi connectivity index (χ2v) is 8.96. The van der Waals surface area contributed by atoms with E-state index in [2.05, 4.69) is 5.32 Å². The van der Waals surface area contributed by atoms with Crippen LogP contribution in [0.25, 0.3) is 0 Å². The van der Waals surface area contributed by atoms with E-state index in [-0.39, 0.29) is 33.3 Å². The largest absolute Gasteiger partial charge is 0.349 e. The minimum absolute atomic E-state index is 0.0316. The summed E-state index contributed by atoms with van der Waals surface area (Å²) in [5.41, 5.74) is 0.197. The summed E-state index contributed by atoms with van der Waals surface area (Å²) in [7, 11) is -3.58. The lowest BCUT2D eigenvalue weighted by Gasteiger charge is -2.26. The summed E-state index contributed by atoms with van der Waals surface area (Å²) in [5.74, 6) is -0.0788. The molecule has 1 aliphatic rings. The maximum atomic E-state index is 12.8. The van der Waals surface area contributed by atoms with Crippen molar-refractivity contribution < 1.29 is 13.2 Å². The topological polar surface area (TPSA) is 66.5 Å². The van der Waals surface area contributed by atoms with Crippen LogP contribution >= 0.6 is 11.6 Å². The van der Waals surface area contributed by atoms with E-state index < -0.39 is 10.0 Å². The molecule has 24 heavy (non-hydrogen) atoms. The first-order chi connectivity index (χ1) is 11.2. The molecule has 0 spiro atoms. The minimum Gasteiger partial charge on any atom is -0.349 e. The van der Waals surface area contributed by atoms with Gasteiger partial charge in [0, 0.05) is 19.1 Å². The first kappa shape index (κ1) is 19.2. The number of amides is 1. The van der Waals surface area contributed by atoms with Gasteiger partial charge in [0.2, 0.25) is 10.0 Å². The van der Waals surface area contributed by atoms with Gasteiger partial charge in [-0.1, -0.05) is 31.9 Å². The second-order valence-electron chi connectivity index (χ2n) is 6.61. The molecular formula is C17H25ClN2O3S. The molecule has 5 nitrogen and oxygen atoms in total. The third kappa shape index (κ3) is 4.29. The summed E-state index contributed by atoms with van der Waals surface area (Å²) in [6.07, 6.45) is 2.78. The van der Waals surface area contributed by atoms with Gasteiger partial charge in [-0.05, 0) is 43.9 Å². The number of carbonyl (C=O) groups is 1. The maximum absolute atomic E-state index is 12.8. The van der Waals surface area contributed by atoms with Crippen molar-refractivity contribution in [3.63, 3.8) is 0 Å². The summed E-state index contributed by atoms with van der Waals surface area (Å²) in [5, 5.41) is 3.11. The van der Waals surface area contributed by atoms with Crippen molar-refractivity contribution in [1.82, 2.24) is 9.62 Å². The molecule has 1 heterocycles. The Labute approximate surface area is 149 Å². The Bertz CT molecular complexity index is 698. The second kappa shape index (κ2) is 7.85. The zero-order valence-electron chi connectivity index (χ0n) is 14.4. The molecule has 0 unspecified atom stereocenters. The lowest BCUT2D eigenvalue weighted by molar-refractivity contribution is 0.0930. The van der Waals surface area contributed by atoms with Gasteiger partial charge in [-0.25, -0.2) is 8.42 Å². The minimum atomic E-state index is -3.58. The van der Waals surface area contributed by atoms with E-state index in [0.29, 0.717) is 13.1 Å². The van der Waals surface area contributed by atoms with E-state index >= 15 is 0 Å². The number of rotatable bonds is 5. The summed E-state index contributed by atoms with van der Waals surface area (Å²) < 4.78 is 27.0. The van der Waals surface area contributed by atoms with Crippen molar-refractivity contribution in [2.75, 3.05) is 13.1 Å². The van der Waals surface area contributed by atoms with E-state index in [4.69, 9.17) is 11.6 Å². The Hall–Kier alpha value is -1.11. The number of nitrogens with one attached hydrogen (secondary N) is 1. The summed E-state index contributed by atoms with van der Waals surface area (Å²) in [6, 6.07) is 4.30. The van der Waals surface area contributed by atoms with Crippen LogP contribution < -0.4 is 5.32 Å². The molecule has 1 saturated heterocycles. The van der Waals surface area contributed by atoms with Crippen LogP contribution in [-0.4, -0.2) is 37.8 Å². The average molecular weight is 373 g/mol. The van der Waals surface area contributed by atoms with Gasteiger partial charge in [0.1, 0.15) is 0 Å². The highest BCUT2D eigenvalue weighted by Crippen LogP contribution is 2.25. The first-order valence-electron chi connectivity index (χ1n) is 8.34. The first-order valence-corrected chi connectivity index (χ1v) is 10.2. The Morgan fingerprint density at radius 3 is 2.38 bits per heavy atom. The molecule has 1 N–H and O–H groups in total. The molecule has 2 rings (SSSR count). The summed E-state index contributed by atoms with van der Waals surface area (Å²) >= 11 is 6.12. The van der Waals surface area contributed by atoms with Crippen molar-refractivity contribution >= 4 is 27.5 Å². The Kier molecular flexibility index (Phi) is 6.28. The van der Waals surface area contributed by atoms with Crippen LogP contribution in [0.2, 0.25) is 5.02 Å². The predicted octanol–water partition coefficient (Wildman–Crippen LogP) is 3.29. The van der Waals surface area contributed by atoms with Crippen LogP contribution in [-0.2, 0) is 10.0 Å². The van der Waals surface area contributed by atoms with Crippen molar-refractivity contribution in [2.45, 2.75) is 51.0 Å². The van der Waals surface area contributed by atoms with Crippen LogP contribution in [0.5, 0.6) is 0 Å². The standard InChI is InChI=1S/C17H25ClN2O3S/c1-12(2)13(3)19-17(21)15-11-14(7-8-16(15)18)24(22,23)20-9-5-4-6-10-20/h7-8,11-13H,4-6,9-10H2,1-3H3,(H,19,21)/t13-/m0/s1. The van der Waals surface area contributed by atoms with Crippen LogP contribution in [0.3, 0.4) is 0 Å². The van der Waals surface area contributed by atoms with Gasteiger partial charge >= 0.3 is 0 Å². The highest BCUT2D eigenvalue weighted by Gasteiger charge is 2.27. The molecule has 1 aliphatic heterocycles. The van der Waals surface area contributed by atoms with Gasteiger partial charge in [-0.2, -0.15) is 4.31 Å². The Morgan fingerprint density at radius 1 is 1.17 bits per heavy atom. The molecule has 1 fully saturated rings. The quantitative estimate of drug-likeness (QED) is 0.862. The van der Waals surface area contributed by atoms with E-state index in [1.165, 1.54) is 22.5 Å². The third-order valence-electron chi connectivity index (χ3n) is 4.49. The van der Waals surface area contributed by atoms with Gasteiger partial charge in [0.05, 0.1) is 15.5 Å². The van der Waals surface area contributed by atoms with Crippen LogP contribution in [0.1, 0.15) is 50.4 Å². The molecule has 0 aliphatic carbocycles. The fraction of sp³-hybridized carbons (Fsp3) is 0.588. The van der Waals surface area contributed by atoms with Gasteiger partial charge in [0.15, 0.2) is 0 Å². The molecule has 0 bridgehead atoms. The van der Waals surface area contributed by atoms with Crippen LogP contribution in [0.15, 0.2) is 23.1 Å². The summed E-state index contributed by atoms with van der Waals surface area (Å²) in [6.45, 7) is 6.96. The zero-order chi connectivity index (χ0) is 17.9. The number of hydrogen-bond acceptors (Lipinski definition) is 3. The number of carbonyl (C=O) groups excluding carboxylic acids is 1. The van der Waals surface area contributed by atoms with Crippen molar-refractivity contribution in [2.24, 2.45) is 5.92 Å². The monoisotopic (exact) mass is 372 g/mol. The average Bonchev–Trinajstić information content (AvgIpc) is 2.55. The zero-order valence-corrected chi connectivity index (χ0v) is 16.0. The van der Waals surface area contributed by atoms with Gasteiger partial charge in [-0.3, -0.25) is 4.79 Å². The lowest BCUT2D eigenvalue weighted by Crippen LogP contribution is -2.37. The highest BCUT2D eigenvalue weighted by atomic mass is 35.5. The molecule has 1 aromatic carbocycles. The van der Waals surface area contributed by atoms with E-state index in [9.17, 15) is 13.2 Å². The normalized spacial score (nSPS) is 17.7. The van der Waals surface area contributed by atoms with E-state index in [1.807, 2.05) is 20.8 Å². The maximum Gasteiger partial charge on any atom is 0.253 e. The SMILES string of the molecule is CC(C)[C@H](C)NC(=O)c1cc(S(=O)(=O)N2CCCCC2)ccc1Cl. The van der Waals surface area contributed by atoms with Crippen molar-refractivity contribution in [1.29, 1.82) is 0 Å². The van der Waals surface area contributed by atoms with Crippen molar-refractivity contribution in [3.8, 4) is 0 Å². The Balaban J connectivity index is 2.29. The smallest absolute Gasteiger partial charge is 0.253 e. The Morgan fingerprint density at radius 2 is 1.79 bits per heavy atom. The van der Waals surface area contributed by atoms with Crippen molar-refractivity contribution in [3.05, 3.63) is 28.8 Å². The van der Waals surface area contributed by atoms with Gasteiger partial charge in [-0.15, -0.1) is 0 Å². The fourth-order valence-electron chi connectivity index (χ4n) is 2.54. The fourth-order valence-corrected chi connectivity index (χ4v) is 4.29. The van der Waals surface area contributed by atoms with Crippen LogP contribution in [0, 0.1) is 5.92 Å². The number of halogens is 1. The molecule has 0 radical (unpaired) electrons. The molecule has 1 amide bonds. The molecule has 7 heteroatoms. The molecule has 1 aromatic rings. The number of sulfonamides is 1. The van der Waals surface area contributed by atoms with Crippen LogP contribution in [0.4, 0.5) is 0 Å². The number of nitrogens with zero attached hydrogens (tertiary/aromatic N) is 1. The molecule has 0 saturated carbocycles. The van der Waals surface area contributed by atoms with E-state index in [1.54, 1.807) is 0 Å². The molecule has 1 atom stereocenters. The number of benzene rings is 1. The molecular weight excluding hydrogens is 348 g/mol.